The van der Waals surface area contributed by atoms with Crippen LogP contribution in [0.3, 0.4) is 0 Å². The summed E-state index contributed by atoms with van der Waals surface area (Å²) in [7, 11) is 5.61. The minimum atomic E-state index is -0.342. The summed E-state index contributed by atoms with van der Waals surface area (Å²) in [5, 5.41) is 3.06. The number of aryl methyl sites for hydroxylation is 1. The van der Waals surface area contributed by atoms with Crippen LogP contribution in [0.15, 0.2) is 42.5 Å². The number of amides is 2. The van der Waals surface area contributed by atoms with Crippen LogP contribution in [0.2, 0.25) is 0 Å². The van der Waals surface area contributed by atoms with E-state index in [-0.39, 0.29) is 30.2 Å². The van der Waals surface area contributed by atoms with E-state index in [2.05, 4.69) is 10.2 Å². The first-order valence-corrected chi connectivity index (χ1v) is 10.3. The number of hydrogen-bond acceptors (Lipinski definition) is 4. The molecule has 2 atom stereocenters. The van der Waals surface area contributed by atoms with Crippen molar-refractivity contribution in [3.05, 3.63) is 59.2 Å². The zero-order chi connectivity index (χ0) is 21.8. The Labute approximate surface area is 178 Å². The second-order valence-electron chi connectivity index (χ2n) is 8.13. The number of nitrogens with one attached hydrogen (secondary N) is 1. The average molecular weight is 410 g/mol. The van der Waals surface area contributed by atoms with Gasteiger partial charge in [-0.2, -0.15) is 0 Å². The van der Waals surface area contributed by atoms with Crippen LogP contribution in [0.5, 0.6) is 5.75 Å². The van der Waals surface area contributed by atoms with Gasteiger partial charge in [0.1, 0.15) is 5.75 Å². The first kappa shape index (κ1) is 21.8. The van der Waals surface area contributed by atoms with Crippen molar-refractivity contribution in [3.63, 3.8) is 0 Å². The van der Waals surface area contributed by atoms with Crippen LogP contribution in [0.1, 0.15) is 29.2 Å². The largest absolute Gasteiger partial charge is 0.497 e. The fraction of sp³-hybridized carbons (Fsp3) is 0.417. The molecule has 30 heavy (non-hydrogen) atoms. The summed E-state index contributed by atoms with van der Waals surface area (Å²) >= 11 is 0. The van der Waals surface area contributed by atoms with Crippen molar-refractivity contribution in [1.29, 1.82) is 0 Å². The molecule has 1 aliphatic heterocycles. The van der Waals surface area contributed by atoms with Gasteiger partial charge >= 0.3 is 0 Å². The topological polar surface area (TPSA) is 61.9 Å². The molecular weight excluding hydrogens is 378 g/mol. The minimum Gasteiger partial charge on any atom is -0.497 e. The first-order valence-electron chi connectivity index (χ1n) is 10.3. The number of anilines is 1. The summed E-state index contributed by atoms with van der Waals surface area (Å²) in [6.45, 7) is 4.93. The average Bonchev–Trinajstić information content (AvgIpc) is 3.11. The lowest BCUT2D eigenvalue weighted by atomic mass is 10.0. The van der Waals surface area contributed by atoms with Crippen LogP contribution < -0.4 is 15.0 Å². The lowest BCUT2D eigenvalue weighted by Crippen LogP contribution is -2.38. The molecule has 1 aliphatic rings. The summed E-state index contributed by atoms with van der Waals surface area (Å²) in [4.78, 5) is 29.3. The molecule has 1 saturated heterocycles. The molecule has 2 aromatic carbocycles. The van der Waals surface area contributed by atoms with Gasteiger partial charge in [0.05, 0.1) is 19.1 Å². The van der Waals surface area contributed by atoms with Crippen molar-refractivity contribution < 1.29 is 14.3 Å². The van der Waals surface area contributed by atoms with E-state index in [1.165, 1.54) is 0 Å². The van der Waals surface area contributed by atoms with E-state index in [1.54, 1.807) is 12.0 Å². The standard InChI is InChI=1S/C24H31N3O3/c1-16-8-6-11-21(17(16)2)27-15-19(13-23(27)28)24(29)25-14-22(26(3)4)18-9-7-10-20(12-18)30-5/h6-12,19,22H,13-15H2,1-5H3,(H,25,29). The van der Waals surface area contributed by atoms with Crippen molar-refractivity contribution in [2.24, 2.45) is 5.92 Å². The van der Waals surface area contributed by atoms with Crippen LogP contribution in [0, 0.1) is 19.8 Å². The zero-order valence-corrected chi connectivity index (χ0v) is 18.4. The van der Waals surface area contributed by atoms with Gasteiger partial charge in [0.15, 0.2) is 0 Å². The number of carbonyl (C=O) groups excluding carboxylic acids is 2. The van der Waals surface area contributed by atoms with E-state index >= 15 is 0 Å². The molecule has 0 aliphatic carbocycles. The molecular formula is C24H31N3O3. The number of hydrogen-bond donors (Lipinski definition) is 1. The number of methoxy groups -OCH3 is 1. The number of rotatable bonds is 7. The number of likely N-dealkylation sites (N-methyl/N-ethyl adjacent to an activating group) is 1. The lowest BCUT2D eigenvalue weighted by molar-refractivity contribution is -0.126. The van der Waals surface area contributed by atoms with E-state index in [0.29, 0.717) is 13.1 Å². The molecule has 6 heteroatoms. The molecule has 6 nitrogen and oxygen atoms in total. The van der Waals surface area contributed by atoms with Crippen molar-refractivity contribution in [1.82, 2.24) is 10.2 Å². The normalized spacial score (nSPS) is 17.3. The van der Waals surface area contributed by atoms with E-state index in [0.717, 1.165) is 28.1 Å². The highest BCUT2D eigenvalue weighted by Gasteiger charge is 2.36. The minimum absolute atomic E-state index is 0.000746. The molecule has 0 bridgehead atoms. The van der Waals surface area contributed by atoms with Crippen LogP contribution >= 0.6 is 0 Å². The fourth-order valence-electron chi connectivity index (χ4n) is 3.93. The molecule has 1 heterocycles. The molecule has 0 spiro atoms. The highest BCUT2D eigenvalue weighted by Crippen LogP contribution is 2.29. The van der Waals surface area contributed by atoms with Crippen molar-refractivity contribution in [2.45, 2.75) is 26.3 Å². The second kappa shape index (κ2) is 9.30. The maximum Gasteiger partial charge on any atom is 0.227 e. The number of benzene rings is 2. The maximum atomic E-state index is 12.9. The molecule has 3 rings (SSSR count). The van der Waals surface area contributed by atoms with Gasteiger partial charge in [-0.3, -0.25) is 9.59 Å². The van der Waals surface area contributed by atoms with E-state index in [1.807, 2.05) is 70.4 Å². The summed E-state index contributed by atoms with van der Waals surface area (Å²) in [6.07, 6.45) is 0.241. The molecule has 0 aromatic heterocycles. The Bertz CT molecular complexity index is 926. The molecule has 1 fully saturated rings. The highest BCUT2D eigenvalue weighted by molar-refractivity contribution is 6.00. The maximum absolute atomic E-state index is 12.9. The van der Waals surface area contributed by atoms with Gasteiger partial charge in [-0.15, -0.1) is 0 Å². The molecule has 1 N–H and O–H groups in total. The Balaban J connectivity index is 1.67. The Hall–Kier alpha value is -2.86. The molecule has 2 unspecified atom stereocenters. The van der Waals surface area contributed by atoms with Gasteiger partial charge in [-0.1, -0.05) is 24.3 Å². The van der Waals surface area contributed by atoms with Crippen LogP contribution in [0.25, 0.3) is 0 Å². The van der Waals surface area contributed by atoms with Crippen LogP contribution in [0.4, 0.5) is 5.69 Å². The van der Waals surface area contributed by atoms with Crippen molar-refractivity contribution in [2.75, 3.05) is 39.2 Å². The van der Waals surface area contributed by atoms with Gasteiger partial charge < -0.3 is 19.9 Å². The molecule has 2 amide bonds. The third-order valence-corrected chi connectivity index (χ3v) is 5.93. The monoisotopic (exact) mass is 409 g/mol. The summed E-state index contributed by atoms with van der Waals surface area (Å²) in [5.41, 5.74) is 4.19. The Morgan fingerprint density at radius 3 is 2.67 bits per heavy atom. The van der Waals surface area contributed by atoms with Gasteiger partial charge in [0.2, 0.25) is 11.8 Å². The predicted molar refractivity (Wildman–Crippen MR) is 119 cm³/mol. The third-order valence-electron chi connectivity index (χ3n) is 5.93. The van der Waals surface area contributed by atoms with Gasteiger partial charge in [0, 0.05) is 25.2 Å². The second-order valence-corrected chi connectivity index (χ2v) is 8.13. The Kier molecular flexibility index (Phi) is 6.77. The number of carbonyl (C=O) groups is 2. The molecule has 0 radical (unpaired) electrons. The van der Waals surface area contributed by atoms with Gasteiger partial charge in [-0.05, 0) is 62.8 Å². The fourth-order valence-corrected chi connectivity index (χ4v) is 3.93. The quantitative estimate of drug-likeness (QED) is 0.763. The van der Waals surface area contributed by atoms with Crippen molar-refractivity contribution >= 4 is 17.5 Å². The smallest absolute Gasteiger partial charge is 0.227 e. The van der Waals surface area contributed by atoms with E-state index < -0.39 is 0 Å². The Morgan fingerprint density at radius 1 is 1.23 bits per heavy atom. The van der Waals surface area contributed by atoms with E-state index in [9.17, 15) is 9.59 Å². The van der Waals surface area contributed by atoms with E-state index in [4.69, 9.17) is 4.74 Å². The third kappa shape index (κ3) is 4.65. The summed E-state index contributed by atoms with van der Waals surface area (Å²) in [5.74, 6) is 0.369. The number of nitrogens with zero attached hydrogens (tertiary/aromatic N) is 2. The predicted octanol–water partition coefficient (Wildman–Crippen LogP) is 3.08. The van der Waals surface area contributed by atoms with Gasteiger partial charge in [-0.25, -0.2) is 0 Å². The van der Waals surface area contributed by atoms with Crippen LogP contribution in [-0.4, -0.2) is 51.0 Å². The van der Waals surface area contributed by atoms with Crippen molar-refractivity contribution in [3.8, 4) is 5.75 Å². The summed E-state index contributed by atoms with van der Waals surface area (Å²) < 4.78 is 5.33. The summed E-state index contributed by atoms with van der Waals surface area (Å²) in [6, 6.07) is 13.8. The first-order chi connectivity index (χ1) is 14.3. The zero-order valence-electron chi connectivity index (χ0n) is 18.4. The molecule has 160 valence electrons. The lowest BCUT2D eigenvalue weighted by Gasteiger charge is -2.26. The highest BCUT2D eigenvalue weighted by atomic mass is 16.5. The Morgan fingerprint density at radius 2 is 1.97 bits per heavy atom. The molecule has 2 aromatic rings. The SMILES string of the molecule is COc1cccc(C(CNC(=O)C2CC(=O)N(c3cccc(C)c3C)C2)N(C)C)c1. The van der Waals surface area contributed by atoms with Crippen LogP contribution in [-0.2, 0) is 9.59 Å². The molecule has 0 saturated carbocycles. The van der Waals surface area contributed by atoms with Gasteiger partial charge in [0.25, 0.3) is 0 Å². The number of ether oxygens (including phenoxy) is 1.